The van der Waals surface area contributed by atoms with E-state index in [9.17, 15) is 22.0 Å². The molecule has 35 heavy (non-hydrogen) atoms. The molecule has 1 amide bonds. The molecule has 2 aromatic rings. The van der Waals surface area contributed by atoms with E-state index in [1.165, 1.54) is 39.0 Å². The third-order valence-corrected chi connectivity index (χ3v) is 9.24. The number of pyridine rings is 1. The molecule has 188 valence electrons. The number of halogens is 3. The van der Waals surface area contributed by atoms with Crippen molar-refractivity contribution in [2.45, 2.75) is 42.9 Å². The lowest BCUT2D eigenvalue weighted by molar-refractivity contribution is -0.0501. The summed E-state index contributed by atoms with van der Waals surface area (Å²) in [6, 6.07) is 4.88. The fourth-order valence-corrected chi connectivity index (χ4v) is 6.33. The van der Waals surface area contributed by atoms with Crippen molar-refractivity contribution in [3.8, 4) is 5.75 Å². The first kappa shape index (κ1) is 24.9. The Morgan fingerprint density at radius 3 is 2.69 bits per heavy atom. The van der Waals surface area contributed by atoms with Crippen LogP contribution in [-0.2, 0) is 20.1 Å². The number of nitrogens with two attached hydrogens (primary N) is 1. The predicted octanol–water partition coefficient (Wildman–Crippen LogP) is 2.54. The number of anilines is 1. The second-order valence-electron chi connectivity index (χ2n) is 8.84. The zero-order chi connectivity index (χ0) is 25.8. The van der Waals surface area contributed by atoms with Crippen LogP contribution < -0.4 is 15.8 Å². The van der Waals surface area contributed by atoms with Crippen LogP contribution >= 0.6 is 0 Å². The van der Waals surface area contributed by atoms with Crippen LogP contribution in [0.1, 0.15) is 35.5 Å². The number of alkyl halides is 2. The van der Waals surface area contributed by atoms with Gasteiger partial charge in [-0.15, -0.1) is 0 Å². The third-order valence-electron chi connectivity index (χ3n) is 6.33. The van der Waals surface area contributed by atoms with Crippen molar-refractivity contribution in [2.75, 3.05) is 18.5 Å². The molecule has 4 rings (SSSR count). The summed E-state index contributed by atoms with van der Waals surface area (Å²) >= 11 is 0. The van der Waals surface area contributed by atoms with Gasteiger partial charge in [-0.2, -0.15) is 8.78 Å². The predicted molar refractivity (Wildman–Crippen MR) is 121 cm³/mol. The summed E-state index contributed by atoms with van der Waals surface area (Å²) in [6.07, 6.45) is 0.982. The van der Waals surface area contributed by atoms with Gasteiger partial charge in [0.05, 0.1) is 19.4 Å². The van der Waals surface area contributed by atoms with Crippen LogP contribution in [0.2, 0.25) is 0 Å². The zero-order valence-corrected chi connectivity index (χ0v) is 19.8. The first-order valence-electron chi connectivity index (χ1n) is 10.5. The molecule has 3 N–H and O–H groups in total. The van der Waals surface area contributed by atoms with Crippen molar-refractivity contribution in [1.29, 1.82) is 0 Å². The lowest BCUT2D eigenvalue weighted by Crippen LogP contribution is -2.60. The normalized spacial score (nSPS) is 24.5. The van der Waals surface area contributed by atoms with Crippen molar-refractivity contribution in [2.24, 2.45) is 10.7 Å². The smallest absolute Gasteiger partial charge is 0.387 e. The molecule has 3 heterocycles. The molecule has 2 aliphatic rings. The number of aromatic nitrogens is 1. The molecular formula is C22H23F3N4O5S. The van der Waals surface area contributed by atoms with Gasteiger partial charge in [0.25, 0.3) is 5.91 Å². The number of benzene rings is 1. The summed E-state index contributed by atoms with van der Waals surface area (Å²) in [4.78, 5) is 21.1. The third kappa shape index (κ3) is 4.01. The van der Waals surface area contributed by atoms with E-state index in [2.05, 4.69) is 20.0 Å². The molecule has 0 bridgehead atoms. The van der Waals surface area contributed by atoms with E-state index in [-0.39, 0.29) is 47.3 Å². The summed E-state index contributed by atoms with van der Waals surface area (Å²) in [7, 11) is -3.92. The van der Waals surface area contributed by atoms with Gasteiger partial charge in [-0.3, -0.25) is 9.79 Å². The molecule has 0 aliphatic carbocycles. The van der Waals surface area contributed by atoms with Gasteiger partial charge < -0.3 is 20.5 Å². The van der Waals surface area contributed by atoms with Crippen LogP contribution in [-0.4, -0.2) is 55.0 Å². The van der Waals surface area contributed by atoms with Crippen LogP contribution in [0.25, 0.3) is 0 Å². The van der Waals surface area contributed by atoms with Gasteiger partial charge in [-0.25, -0.2) is 17.8 Å². The van der Waals surface area contributed by atoms with Gasteiger partial charge in [-0.1, -0.05) is 0 Å². The molecular weight excluding hydrogens is 489 g/mol. The van der Waals surface area contributed by atoms with Gasteiger partial charge in [0.1, 0.15) is 38.6 Å². The van der Waals surface area contributed by atoms with Gasteiger partial charge in [0.15, 0.2) is 9.84 Å². The van der Waals surface area contributed by atoms with Gasteiger partial charge in [0, 0.05) is 11.3 Å². The maximum Gasteiger partial charge on any atom is 0.387 e. The largest absolute Gasteiger partial charge is 0.433 e. The number of hydrogen-bond donors (Lipinski definition) is 2. The van der Waals surface area contributed by atoms with Crippen LogP contribution in [0.3, 0.4) is 0 Å². The highest BCUT2D eigenvalue weighted by atomic mass is 32.2. The molecule has 1 fully saturated rings. The Morgan fingerprint density at radius 2 is 2.03 bits per heavy atom. The molecule has 0 unspecified atom stereocenters. The molecule has 9 nitrogen and oxygen atoms in total. The Labute approximate surface area is 199 Å². The van der Waals surface area contributed by atoms with E-state index >= 15 is 4.39 Å². The number of rotatable bonds is 5. The van der Waals surface area contributed by atoms with Crippen molar-refractivity contribution in [3.63, 3.8) is 0 Å². The number of aryl methyl sites for hydroxylation is 1. The highest BCUT2D eigenvalue weighted by molar-refractivity contribution is 7.94. The van der Waals surface area contributed by atoms with E-state index in [0.717, 1.165) is 12.3 Å². The molecule has 0 saturated carbocycles. The number of aliphatic imine (C=N–C) groups is 1. The Hall–Kier alpha value is -3.19. The number of sulfone groups is 1. The van der Waals surface area contributed by atoms with Crippen molar-refractivity contribution >= 4 is 27.3 Å². The number of nitrogens with one attached hydrogen (secondary N) is 1. The zero-order valence-electron chi connectivity index (χ0n) is 19.0. The molecule has 2 aliphatic heterocycles. The maximum absolute atomic E-state index is 15.1. The number of fused-ring (bicyclic) bond motifs is 1. The fraction of sp³-hybridized carbons (Fsp3) is 0.409. The average Bonchev–Trinajstić information content (AvgIpc) is 3.19. The van der Waals surface area contributed by atoms with Crippen molar-refractivity contribution in [3.05, 3.63) is 53.1 Å². The lowest BCUT2D eigenvalue weighted by Gasteiger charge is -2.41. The second kappa shape index (κ2) is 8.48. The first-order valence-corrected chi connectivity index (χ1v) is 12.0. The highest BCUT2D eigenvalue weighted by Crippen LogP contribution is 2.47. The van der Waals surface area contributed by atoms with E-state index in [0.29, 0.717) is 0 Å². The molecule has 2 atom stereocenters. The Bertz CT molecular complexity index is 1330. The number of hydrogen-bond acceptors (Lipinski definition) is 8. The van der Waals surface area contributed by atoms with E-state index < -0.39 is 43.7 Å². The van der Waals surface area contributed by atoms with Crippen molar-refractivity contribution < 1.29 is 35.9 Å². The maximum atomic E-state index is 15.1. The van der Waals surface area contributed by atoms with Crippen LogP contribution in [0.5, 0.6) is 5.75 Å². The van der Waals surface area contributed by atoms with Crippen LogP contribution in [0, 0.1) is 12.7 Å². The van der Waals surface area contributed by atoms with Gasteiger partial charge in [-0.05, 0) is 50.6 Å². The van der Waals surface area contributed by atoms with Crippen molar-refractivity contribution in [1.82, 2.24) is 4.98 Å². The molecule has 13 heteroatoms. The summed E-state index contributed by atoms with van der Waals surface area (Å²) in [6.45, 7) is 0.916. The van der Waals surface area contributed by atoms with Crippen LogP contribution in [0.15, 0.2) is 35.5 Å². The first-order chi connectivity index (χ1) is 16.3. The highest BCUT2D eigenvalue weighted by Gasteiger charge is 2.62. The molecule has 1 saturated heterocycles. The van der Waals surface area contributed by atoms with E-state index in [1.54, 1.807) is 0 Å². The number of nitrogens with zero attached hydrogens (tertiary/aromatic N) is 2. The van der Waals surface area contributed by atoms with Crippen LogP contribution in [0.4, 0.5) is 18.9 Å². The van der Waals surface area contributed by atoms with Gasteiger partial charge >= 0.3 is 6.61 Å². The number of amidine groups is 1. The molecule has 1 aromatic carbocycles. The molecule has 1 aromatic heterocycles. The minimum absolute atomic E-state index is 0.0676. The second-order valence-corrected chi connectivity index (χ2v) is 11.5. The minimum Gasteiger partial charge on any atom is -0.433 e. The Balaban J connectivity index is 1.70. The molecule has 0 radical (unpaired) electrons. The number of ether oxygens (including phenoxy) is 2. The average molecular weight is 513 g/mol. The minimum atomic E-state index is -3.92. The number of amides is 1. The summed E-state index contributed by atoms with van der Waals surface area (Å²) in [5.74, 6) is -1.81. The van der Waals surface area contributed by atoms with E-state index in [1.807, 2.05) is 0 Å². The number of carbonyl (C=O) groups excluding carboxylic acids is 1. The summed E-state index contributed by atoms with van der Waals surface area (Å²) in [5, 5.41) is 1.39. The van der Waals surface area contributed by atoms with Gasteiger partial charge in [0.2, 0.25) is 0 Å². The van der Waals surface area contributed by atoms with E-state index in [4.69, 9.17) is 10.5 Å². The topological polar surface area (TPSA) is 133 Å². The monoisotopic (exact) mass is 512 g/mol. The SMILES string of the molecule is Cc1cc(OC(F)F)cnc1C(=O)Nc1ccc(F)c([C@]23COC[C@H]2S(=O)(=O)C(C)(C)C(N)=N3)c1. The quantitative estimate of drug-likeness (QED) is 0.629. The standard InChI is InChI=1S/C22H23F3N4O5S/c1-11-6-13(34-20(24)25)8-27-17(11)18(30)28-12-4-5-15(23)14(7-12)22-10-33-9-16(22)35(31,32)21(2,3)19(26)29-22/h4-8,16,20H,9-10H2,1-3H3,(H2,26,29)(H,28,30)/t16-,22-/m1/s1. The molecule has 0 spiro atoms. The Morgan fingerprint density at radius 1 is 1.31 bits per heavy atom. The lowest BCUT2D eigenvalue weighted by atomic mass is 9.87. The summed E-state index contributed by atoms with van der Waals surface area (Å²) < 4.78 is 74.7. The number of carbonyl (C=O) groups is 1. The fourth-order valence-electron chi connectivity index (χ4n) is 4.24. The Kier molecular flexibility index (Phi) is 6.04. The summed E-state index contributed by atoms with van der Waals surface area (Å²) in [5.41, 5.74) is 4.65.